The molecule has 0 unspecified atom stereocenters. The zero-order valence-corrected chi connectivity index (χ0v) is 10.7. The highest BCUT2D eigenvalue weighted by Crippen LogP contribution is 2.13. The van der Waals surface area contributed by atoms with E-state index < -0.39 is 0 Å². The van der Waals surface area contributed by atoms with Crippen molar-refractivity contribution in [3.63, 3.8) is 0 Å². The second-order valence-electron chi connectivity index (χ2n) is 4.45. The molecule has 2 aromatic rings. The van der Waals surface area contributed by atoms with Crippen LogP contribution in [0.1, 0.15) is 15.9 Å². The molecule has 0 aliphatic rings. The first-order valence-corrected chi connectivity index (χ1v) is 5.95. The van der Waals surface area contributed by atoms with Gasteiger partial charge in [0.25, 0.3) is 5.91 Å². The maximum atomic E-state index is 12.1. The Hall–Kier alpha value is -2.49. The second-order valence-corrected chi connectivity index (χ2v) is 4.45. The van der Waals surface area contributed by atoms with Gasteiger partial charge in [0.2, 0.25) is 0 Å². The van der Waals surface area contributed by atoms with Crippen LogP contribution in [0.2, 0.25) is 0 Å². The molecule has 0 heterocycles. The minimum absolute atomic E-state index is 0.0863. The van der Waals surface area contributed by atoms with Gasteiger partial charge in [-0.1, -0.05) is 12.1 Å². The van der Waals surface area contributed by atoms with E-state index in [1.54, 1.807) is 24.1 Å². The van der Waals surface area contributed by atoms with Crippen molar-refractivity contribution in [1.82, 2.24) is 4.90 Å². The van der Waals surface area contributed by atoms with Crippen molar-refractivity contribution < 1.29 is 9.90 Å². The Morgan fingerprint density at radius 3 is 2.26 bits per heavy atom. The first kappa shape index (κ1) is 13.0. The van der Waals surface area contributed by atoms with Crippen molar-refractivity contribution in [2.24, 2.45) is 0 Å². The Morgan fingerprint density at radius 2 is 1.68 bits per heavy atom. The van der Waals surface area contributed by atoms with E-state index >= 15 is 0 Å². The average molecular weight is 256 g/mol. The summed E-state index contributed by atoms with van der Waals surface area (Å²) in [5.41, 5.74) is 7.89. The Morgan fingerprint density at radius 1 is 1.11 bits per heavy atom. The molecule has 2 aromatic carbocycles. The van der Waals surface area contributed by atoms with Crippen LogP contribution in [0.25, 0.3) is 0 Å². The summed E-state index contributed by atoms with van der Waals surface area (Å²) in [6, 6.07) is 13.6. The van der Waals surface area contributed by atoms with Crippen molar-refractivity contribution in [3.8, 4) is 5.75 Å². The number of carbonyl (C=O) groups is 1. The molecule has 0 atom stereocenters. The SMILES string of the molecule is CN(Cc1ccc(N)cc1)C(=O)c1ccc(O)cc1. The number of nitrogens with two attached hydrogens (primary N) is 1. The van der Waals surface area contributed by atoms with Crippen LogP contribution in [0, 0.1) is 0 Å². The number of hydrogen-bond donors (Lipinski definition) is 2. The number of phenols is 1. The van der Waals surface area contributed by atoms with Crippen molar-refractivity contribution >= 4 is 11.6 Å². The van der Waals surface area contributed by atoms with Crippen LogP contribution in [0.15, 0.2) is 48.5 Å². The van der Waals surface area contributed by atoms with Gasteiger partial charge in [-0.2, -0.15) is 0 Å². The first-order chi connectivity index (χ1) is 9.06. The smallest absolute Gasteiger partial charge is 0.253 e. The summed E-state index contributed by atoms with van der Waals surface area (Å²) in [6.45, 7) is 0.514. The molecule has 1 amide bonds. The lowest BCUT2D eigenvalue weighted by atomic mass is 10.1. The lowest BCUT2D eigenvalue weighted by Gasteiger charge is -2.17. The molecule has 0 bridgehead atoms. The van der Waals surface area contributed by atoms with Crippen LogP contribution in [-0.4, -0.2) is 23.0 Å². The monoisotopic (exact) mass is 256 g/mol. The number of benzene rings is 2. The molecule has 19 heavy (non-hydrogen) atoms. The third kappa shape index (κ3) is 3.25. The Labute approximate surface area is 112 Å². The Bertz CT molecular complexity index is 562. The van der Waals surface area contributed by atoms with E-state index in [-0.39, 0.29) is 11.7 Å². The normalized spacial score (nSPS) is 10.2. The summed E-state index contributed by atoms with van der Waals surface area (Å²) in [5, 5.41) is 9.20. The lowest BCUT2D eigenvalue weighted by molar-refractivity contribution is 0.0785. The molecule has 0 fully saturated rings. The summed E-state index contributed by atoms with van der Waals surface area (Å²) in [5.74, 6) is 0.0644. The summed E-state index contributed by atoms with van der Waals surface area (Å²) in [7, 11) is 1.74. The van der Waals surface area contributed by atoms with Crippen molar-refractivity contribution in [1.29, 1.82) is 0 Å². The lowest BCUT2D eigenvalue weighted by Crippen LogP contribution is -2.26. The van der Waals surface area contributed by atoms with Crippen LogP contribution >= 0.6 is 0 Å². The number of nitrogens with zero attached hydrogens (tertiary/aromatic N) is 1. The molecular weight excluding hydrogens is 240 g/mol. The summed E-state index contributed by atoms with van der Waals surface area (Å²) in [6.07, 6.45) is 0. The minimum atomic E-state index is -0.0863. The number of amides is 1. The molecule has 0 saturated carbocycles. The molecular formula is C15H16N2O2. The number of aromatic hydroxyl groups is 1. The van der Waals surface area contributed by atoms with Crippen LogP contribution in [0.5, 0.6) is 5.75 Å². The van der Waals surface area contributed by atoms with E-state index in [2.05, 4.69) is 0 Å². The third-order valence-corrected chi connectivity index (χ3v) is 2.86. The predicted octanol–water partition coefficient (Wildman–Crippen LogP) is 2.25. The molecule has 0 saturated heterocycles. The highest BCUT2D eigenvalue weighted by molar-refractivity contribution is 5.94. The summed E-state index contributed by atoms with van der Waals surface area (Å²) >= 11 is 0. The second kappa shape index (κ2) is 5.44. The van der Waals surface area contributed by atoms with Gasteiger partial charge in [0.05, 0.1) is 0 Å². The number of phenolic OH excluding ortho intramolecular Hbond substituents is 1. The predicted molar refractivity (Wildman–Crippen MR) is 74.8 cm³/mol. The molecule has 2 rings (SSSR count). The fourth-order valence-electron chi connectivity index (χ4n) is 1.79. The number of anilines is 1. The quantitative estimate of drug-likeness (QED) is 0.828. The highest BCUT2D eigenvalue weighted by Gasteiger charge is 2.11. The number of nitrogen functional groups attached to an aromatic ring is 1. The molecule has 4 heteroatoms. The van der Waals surface area contributed by atoms with E-state index in [0.717, 1.165) is 5.56 Å². The Balaban J connectivity index is 2.07. The van der Waals surface area contributed by atoms with Gasteiger partial charge in [-0.15, -0.1) is 0 Å². The zero-order valence-electron chi connectivity index (χ0n) is 10.7. The van der Waals surface area contributed by atoms with E-state index in [0.29, 0.717) is 17.8 Å². The molecule has 0 aromatic heterocycles. The van der Waals surface area contributed by atoms with Crippen LogP contribution in [0.3, 0.4) is 0 Å². The van der Waals surface area contributed by atoms with Gasteiger partial charge in [-0.25, -0.2) is 0 Å². The molecule has 3 N–H and O–H groups in total. The fraction of sp³-hybridized carbons (Fsp3) is 0.133. The molecule has 0 aliphatic carbocycles. The fourth-order valence-corrected chi connectivity index (χ4v) is 1.79. The van der Waals surface area contributed by atoms with Gasteiger partial charge in [-0.05, 0) is 42.0 Å². The average Bonchev–Trinajstić information content (AvgIpc) is 2.41. The van der Waals surface area contributed by atoms with E-state index in [1.807, 2.05) is 24.3 Å². The third-order valence-electron chi connectivity index (χ3n) is 2.86. The Kier molecular flexibility index (Phi) is 3.71. The summed E-state index contributed by atoms with van der Waals surface area (Å²) in [4.78, 5) is 13.8. The number of rotatable bonds is 3. The van der Waals surface area contributed by atoms with Crippen molar-refractivity contribution in [2.45, 2.75) is 6.54 Å². The topological polar surface area (TPSA) is 66.6 Å². The highest BCUT2D eigenvalue weighted by atomic mass is 16.3. The molecule has 98 valence electrons. The van der Waals surface area contributed by atoms with Gasteiger partial charge >= 0.3 is 0 Å². The summed E-state index contributed by atoms with van der Waals surface area (Å²) < 4.78 is 0. The van der Waals surface area contributed by atoms with Gasteiger partial charge in [0.15, 0.2) is 0 Å². The van der Waals surface area contributed by atoms with Crippen molar-refractivity contribution in [2.75, 3.05) is 12.8 Å². The van der Waals surface area contributed by atoms with Gasteiger partial charge in [-0.3, -0.25) is 4.79 Å². The van der Waals surface area contributed by atoms with Crippen LogP contribution in [0.4, 0.5) is 5.69 Å². The van der Waals surface area contributed by atoms with Gasteiger partial charge in [0, 0.05) is 24.8 Å². The maximum Gasteiger partial charge on any atom is 0.253 e. The molecule has 0 spiro atoms. The molecule has 0 aliphatic heterocycles. The van der Waals surface area contributed by atoms with Gasteiger partial charge < -0.3 is 15.7 Å². The number of carbonyl (C=O) groups excluding carboxylic acids is 1. The zero-order chi connectivity index (χ0) is 13.8. The van der Waals surface area contributed by atoms with E-state index in [1.165, 1.54) is 12.1 Å². The van der Waals surface area contributed by atoms with Gasteiger partial charge in [0.1, 0.15) is 5.75 Å². The van der Waals surface area contributed by atoms with E-state index in [4.69, 9.17) is 5.73 Å². The van der Waals surface area contributed by atoms with Crippen LogP contribution in [-0.2, 0) is 6.54 Å². The number of hydrogen-bond acceptors (Lipinski definition) is 3. The van der Waals surface area contributed by atoms with Crippen molar-refractivity contribution in [3.05, 3.63) is 59.7 Å². The van der Waals surface area contributed by atoms with E-state index in [9.17, 15) is 9.90 Å². The maximum absolute atomic E-state index is 12.1. The minimum Gasteiger partial charge on any atom is -0.508 e. The van der Waals surface area contributed by atoms with Crippen LogP contribution < -0.4 is 5.73 Å². The molecule has 4 nitrogen and oxygen atoms in total. The standard InChI is InChI=1S/C15H16N2O2/c1-17(10-11-2-6-13(16)7-3-11)15(19)12-4-8-14(18)9-5-12/h2-9,18H,10,16H2,1H3. The first-order valence-electron chi connectivity index (χ1n) is 5.95. The molecule has 0 radical (unpaired) electrons. The largest absolute Gasteiger partial charge is 0.508 e.